The lowest BCUT2D eigenvalue weighted by Crippen LogP contribution is -2.55. The molecule has 128 valence electrons. The molecule has 2 rings (SSSR count). The second-order valence-corrected chi connectivity index (χ2v) is 7.67. The van der Waals surface area contributed by atoms with Gasteiger partial charge in [-0.3, -0.25) is 4.90 Å². The van der Waals surface area contributed by atoms with E-state index in [0.29, 0.717) is 71.9 Å². The molecule has 0 spiro atoms. The zero-order valence-corrected chi connectivity index (χ0v) is 14.0. The second kappa shape index (κ2) is 8.57. The zero-order chi connectivity index (χ0) is 16.7. The molecule has 0 aromatic heterocycles. The summed E-state index contributed by atoms with van der Waals surface area (Å²) >= 11 is 0. The molecular formula is C14H23N5O3S. The van der Waals surface area contributed by atoms with Gasteiger partial charge in [0.15, 0.2) is 0 Å². The Bertz CT molecular complexity index is 554. The van der Waals surface area contributed by atoms with Gasteiger partial charge in [0, 0.05) is 52.2 Å². The summed E-state index contributed by atoms with van der Waals surface area (Å²) in [6.45, 7) is 4.43. The molecule has 0 saturated carbocycles. The summed E-state index contributed by atoms with van der Waals surface area (Å²) < 4.78 is 33.3. The van der Waals surface area contributed by atoms with E-state index in [4.69, 9.17) is 15.3 Å². The monoisotopic (exact) mass is 341 g/mol. The Balaban J connectivity index is 1.83. The van der Waals surface area contributed by atoms with E-state index < -0.39 is 10.2 Å². The SMILES string of the molecule is N#CCC[C@H](C#N)CN1CCN(S(=O)(=O)N2CCOCC2)CC1. The highest BCUT2D eigenvalue weighted by atomic mass is 32.2. The van der Waals surface area contributed by atoms with Crippen LogP contribution in [0.5, 0.6) is 0 Å². The molecule has 2 heterocycles. The van der Waals surface area contributed by atoms with Gasteiger partial charge in [-0.15, -0.1) is 0 Å². The van der Waals surface area contributed by atoms with Gasteiger partial charge in [0.25, 0.3) is 10.2 Å². The van der Waals surface area contributed by atoms with Gasteiger partial charge in [-0.25, -0.2) is 0 Å². The van der Waals surface area contributed by atoms with Crippen LogP contribution in [0.4, 0.5) is 0 Å². The fourth-order valence-electron chi connectivity index (χ4n) is 2.83. The van der Waals surface area contributed by atoms with Crippen LogP contribution >= 0.6 is 0 Å². The molecule has 8 nitrogen and oxygen atoms in total. The molecule has 0 aromatic carbocycles. The van der Waals surface area contributed by atoms with Crippen molar-refractivity contribution in [3.8, 4) is 12.1 Å². The first-order valence-electron chi connectivity index (χ1n) is 7.90. The van der Waals surface area contributed by atoms with Gasteiger partial charge in [-0.2, -0.15) is 27.6 Å². The number of nitriles is 2. The van der Waals surface area contributed by atoms with Crippen LogP contribution in [-0.4, -0.2) is 81.0 Å². The zero-order valence-electron chi connectivity index (χ0n) is 13.2. The van der Waals surface area contributed by atoms with Crippen molar-refractivity contribution in [2.45, 2.75) is 12.8 Å². The third-order valence-corrected chi connectivity index (χ3v) is 6.26. The van der Waals surface area contributed by atoms with Crippen molar-refractivity contribution >= 4 is 10.2 Å². The molecule has 0 radical (unpaired) electrons. The van der Waals surface area contributed by atoms with Crippen LogP contribution in [0.15, 0.2) is 0 Å². The Morgan fingerprint density at radius 1 is 1.00 bits per heavy atom. The van der Waals surface area contributed by atoms with Crippen molar-refractivity contribution in [3.05, 3.63) is 0 Å². The van der Waals surface area contributed by atoms with E-state index in [1.165, 1.54) is 8.61 Å². The number of hydrogen-bond donors (Lipinski definition) is 0. The van der Waals surface area contributed by atoms with E-state index in [0.717, 1.165) is 0 Å². The molecule has 9 heteroatoms. The quantitative estimate of drug-likeness (QED) is 0.653. The molecule has 2 aliphatic rings. The summed E-state index contributed by atoms with van der Waals surface area (Å²) in [5.41, 5.74) is 0. The summed E-state index contributed by atoms with van der Waals surface area (Å²) in [5.74, 6) is -0.169. The molecule has 2 saturated heterocycles. The molecular weight excluding hydrogens is 318 g/mol. The van der Waals surface area contributed by atoms with Gasteiger partial charge in [-0.1, -0.05) is 0 Å². The Morgan fingerprint density at radius 3 is 2.17 bits per heavy atom. The number of morpholine rings is 1. The number of nitrogens with zero attached hydrogens (tertiary/aromatic N) is 5. The Morgan fingerprint density at radius 2 is 1.61 bits per heavy atom. The molecule has 0 N–H and O–H groups in total. The van der Waals surface area contributed by atoms with Crippen LogP contribution in [0.3, 0.4) is 0 Å². The molecule has 2 fully saturated rings. The average Bonchev–Trinajstić information content (AvgIpc) is 2.59. The molecule has 0 unspecified atom stereocenters. The molecule has 0 aliphatic carbocycles. The van der Waals surface area contributed by atoms with E-state index in [1.807, 2.05) is 0 Å². The van der Waals surface area contributed by atoms with Gasteiger partial charge in [0.1, 0.15) is 0 Å². The van der Waals surface area contributed by atoms with Crippen LogP contribution in [0.1, 0.15) is 12.8 Å². The summed E-state index contributed by atoms with van der Waals surface area (Å²) in [6, 6.07) is 4.29. The third-order valence-electron chi connectivity index (χ3n) is 4.22. The second-order valence-electron chi connectivity index (χ2n) is 5.74. The minimum absolute atomic E-state index is 0.169. The Kier molecular flexibility index (Phi) is 6.75. The van der Waals surface area contributed by atoms with Gasteiger partial charge in [0.05, 0.1) is 31.3 Å². The predicted molar refractivity (Wildman–Crippen MR) is 83.3 cm³/mol. The number of piperazine rings is 1. The topological polar surface area (TPSA) is 101 Å². The van der Waals surface area contributed by atoms with Crippen LogP contribution in [0.2, 0.25) is 0 Å². The minimum atomic E-state index is -3.40. The van der Waals surface area contributed by atoms with Crippen molar-refractivity contribution in [3.63, 3.8) is 0 Å². The molecule has 23 heavy (non-hydrogen) atoms. The van der Waals surface area contributed by atoms with Gasteiger partial charge >= 0.3 is 0 Å². The number of hydrogen-bond acceptors (Lipinski definition) is 6. The lowest BCUT2D eigenvalue weighted by Gasteiger charge is -2.38. The van der Waals surface area contributed by atoms with E-state index in [-0.39, 0.29) is 5.92 Å². The average molecular weight is 341 g/mol. The largest absolute Gasteiger partial charge is 0.379 e. The molecule has 0 bridgehead atoms. The Labute approximate surface area is 138 Å². The molecule has 1 atom stereocenters. The first kappa shape index (κ1) is 18.1. The maximum atomic E-state index is 12.6. The normalized spacial score (nSPS) is 23.0. The van der Waals surface area contributed by atoms with Crippen LogP contribution in [-0.2, 0) is 14.9 Å². The molecule has 0 amide bonds. The summed E-state index contributed by atoms with van der Waals surface area (Å²) in [4.78, 5) is 2.11. The summed E-state index contributed by atoms with van der Waals surface area (Å²) in [6.07, 6.45) is 0.947. The first-order valence-corrected chi connectivity index (χ1v) is 9.29. The summed E-state index contributed by atoms with van der Waals surface area (Å²) in [5, 5.41) is 17.7. The van der Waals surface area contributed by atoms with E-state index in [9.17, 15) is 8.42 Å². The smallest absolute Gasteiger partial charge is 0.282 e. The predicted octanol–water partition coefficient (Wildman–Crippen LogP) is -0.375. The number of ether oxygens (including phenoxy) is 1. The van der Waals surface area contributed by atoms with Crippen molar-refractivity contribution in [2.75, 3.05) is 59.0 Å². The lowest BCUT2D eigenvalue weighted by molar-refractivity contribution is 0.0683. The van der Waals surface area contributed by atoms with Crippen LogP contribution < -0.4 is 0 Å². The van der Waals surface area contributed by atoms with E-state index in [2.05, 4.69) is 17.0 Å². The highest BCUT2D eigenvalue weighted by molar-refractivity contribution is 7.86. The van der Waals surface area contributed by atoms with E-state index in [1.54, 1.807) is 0 Å². The van der Waals surface area contributed by atoms with Crippen molar-refractivity contribution in [2.24, 2.45) is 5.92 Å². The highest BCUT2D eigenvalue weighted by Gasteiger charge is 2.33. The minimum Gasteiger partial charge on any atom is -0.379 e. The standard InChI is InChI=1S/C14H23N5O3S/c15-3-1-2-14(12-16)13-17-4-6-18(7-5-17)23(20,21)19-8-10-22-11-9-19/h14H,1-2,4-11,13H2/t14-/m1/s1. The van der Waals surface area contributed by atoms with Crippen LogP contribution in [0.25, 0.3) is 0 Å². The fraction of sp³-hybridized carbons (Fsp3) is 0.857. The maximum Gasteiger partial charge on any atom is 0.282 e. The first-order chi connectivity index (χ1) is 11.1. The van der Waals surface area contributed by atoms with Gasteiger partial charge < -0.3 is 4.74 Å². The number of rotatable bonds is 6. The molecule has 0 aromatic rings. The third kappa shape index (κ3) is 4.87. The van der Waals surface area contributed by atoms with Crippen LogP contribution in [0, 0.1) is 28.6 Å². The fourth-order valence-corrected chi connectivity index (χ4v) is 4.39. The lowest BCUT2D eigenvalue weighted by atomic mass is 10.0. The Hall–Kier alpha value is -1.23. The molecule has 2 aliphatic heterocycles. The highest BCUT2D eigenvalue weighted by Crippen LogP contribution is 2.15. The van der Waals surface area contributed by atoms with E-state index >= 15 is 0 Å². The maximum absolute atomic E-state index is 12.6. The summed E-state index contributed by atoms with van der Waals surface area (Å²) in [7, 11) is -3.40. The van der Waals surface area contributed by atoms with Crippen molar-refractivity contribution in [1.29, 1.82) is 10.5 Å². The van der Waals surface area contributed by atoms with Crippen molar-refractivity contribution < 1.29 is 13.2 Å². The van der Waals surface area contributed by atoms with Gasteiger partial charge in [-0.05, 0) is 6.42 Å². The van der Waals surface area contributed by atoms with Gasteiger partial charge in [0.2, 0.25) is 0 Å². The van der Waals surface area contributed by atoms with Crippen molar-refractivity contribution in [1.82, 2.24) is 13.5 Å².